The highest BCUT2D eigenvalue weighted by atomic mass is 79.9. The smallest absolute Gasteiger partial charge is 0.320 e. The van der Waals surface area contributed by atoms with Crippen LogP contribution in [0.1, 0.15) is 57.2 Å². The maximum atomic E-state index is 16.1. The molecule has 0 saturated heterocycles. The average molecular weight is 795 g/mol. The molecule has 0 spiro atoms. The third-order valence-electron chi connectivity index (χ3n) is 7.74. The summed E-state index contributed by atoms with van der Waals surface area (Å²) in [6, 6.07) is 6.59. The largest absolute Gasteiger partial charge is 0.435 e. The van der Waals surface area contributed by atoms with Crippen LogP contribution in [-0.2, 0) is 28.3 Å². The van der Waals surface area contributed by atoms with Gasteiger partial charge in [-0.15, -0.1) is 0 Å². The van der Waals surface area contributed by atoms with Crippen LogP contribution in [0.5, 0.6) is 0 Å². The molecule has 2 amide bonds. The first-order valence-electron chi connectivity index (χ1n) is 13.9. The Morgan fingerprint density at radius 2 is 1.49 bits per heavy atom. The van der Waals surface area contributed by atoms with Crippen molar-refractivity contribution in [2.45, 2.75) is 55.8 Å². The molecule has 1 fully saturated rings. The first-order chi connectivity index (χ1) is 22.5. The molecule has 3 aromatic carbocycles. The minimum absolute atomic E-state index is 0.00729. The summed E-state index contributed by atoms with van der Waals surface area (Å²) in [5.41, 5.74) is -13.6. The summed E-state index contributed by atoms with van der Waals surface area (Å²) in [5, 5.41) is 1.63. The minimum Gasteiger partial charge on any atom is -0.320 e. The van der Waals surface area contributed by atoms with E-state index >= 15 is 4.39 Å². The fraction of sp³-hybridized carbons (Fsp3) is 0.333. The van der Waals surface area contributed by atoms with Gasteiger partial charge in [0.2, 0.25) is 0 Å². The highest BCUT2D eigenvalue weighted by Crippen LogP contribution is 2.55. The number of hydrogen-bond acceptors (Lipinski definition) is 4. The van der Waals surface area contributed by atoms with E-state index in [1.165, 1.54) is 24.3 Å². The van der Waals surface area contributed by atoms with Gasteiger partial charge in [0.15, 0.2) is 5.82 Å². The van der Waals surface area contributed by atoms with Crippen molar-refractivity contribution in [2.75, 3.05) is 10.2 Å². The van der Waals surface area contributed by atoms with Crippen LogP contribution < -0.4 is 10.2 Å². The van der Waals surface area contributed by atoms with E-state index in [1.807, 2.05) is 0 Å². The fourth-order valence-electron chi connectivity index (χ4n) is 5.05. The predicted octanol–water partition coefficient (Wildman–Crippen LogP) is 8.71. The maximum absolute atomic E-state index is 16.1. The molecule has 266 valence electrons. The Hall–Kier alpha value is -3.74. The minimum atomic E-state index is -6.75. The van der Waals surface area contributed by atoms with Gasteiger partial charge in [0.1, 0.15) is 10.7 Å². The number of nitrogens with zero attached hydrogens (tertiary/aromatic N) is 1. The second-order valence-electron chi connectivity index (χ2n) is 11.1. The third kappa shape index (κ3) is 7.71. The number of anilines is 2. The molecule has 49 heavy (non-hydrogen) atoms. The number of amides is 2. The number of benzene rings is 3. The molecule has 0 aliphatic heterocycles. The quantitative estimate of drug-likeness (QED) is 0.168. The molecule has 1 saturated carbocycles. The van der Waals surface area contributed by atoms with E-state index in [9.17, 15) is 61.9 Å². The Bertz CT molecular complexity index is 1820. The zero-order valence-corrected chi connectivity index (χ0v) is 27.0. The molecule has 1 aliphatic rings. The topological polar surface area (TPSA) is 83.6 Å². The Labute approximate surface area is 280 Å². The SMILES string of the molecule is CC(C1CC1)N(C(=O)c1ccc(C[SH](=O)=O)cc1)c1cccc(C(=O)Nc2c(Br)cc(C(F)(C(F)(F)F)C(F)(F)F)cc2C(F)(F)F)c1F. The van der Waals surface area contributed by atoms with Crippen LogP contribution in [-0.4, -0.2) is 38.6 Å². The molecule has 0 bridgehead atoms. The van der Waals surface area contributed by atoms with Crippen LogP contribution in [0.2, 0.25) is 0 Å². The van der Waals surface area contributed by atoms with Crippen molar-refractivity contribution in [3.8, 4) is 0 Å². The first kappa shape index (κ1) is 38.1. The van der Waals surface area contributed by atoms with Crippen molar-refractivity contribution in [2.24, 2.45) is 5.92 Å². The van der Waals surface area contributed by atoms with Gasteiger partial charge in [-0.05, 0) is 83.6 Å². The molecule has 1 N–H and O–H groups in total. The Kier molecular flexibility index (Phi) is 10.5. The Morgan fingerprint density at radius 1 is 0.918 bits per heavy atom. The molecule has 3 aromatic rings. The summed E-state index contributed by atoms with van der Waals surface area (Å²) in [6.07, 6.45) is -18.0. The summed E-state index contributed by atoms with van der Waals surface area (Å²) < 4.78 is 173. The van der Waals surface area contributed by atoms with E-state index in [1.54, 1.807) is 12.2 Å². The van der Waals surface area contributed by atoms with Crippen LogP contribution in [0.25, 0.3) is 0 Å². The van der Waals surface area contributed by atoms with E-state index in [4.69, 9.17) is 0 Å². The number of rotatable bonds is 9. The van der Waals surface area contributed by atoms with Crippen molar-refractivity contribution < 1.29 is 66.3 Å². The van der Waals surface area contributed by atoms with E-state index in [0.29, 0.717) is 18.4 Å². The Balaban J connectivity index is 1.77. The average Bonchev–Trinajstić information content (AvgIpc) is 3.82. The summed E-state index contributed by atoms with van der Waals surface area (Å²) in [6.45, 7) is 1.58. The summed E-state index contributed by atoms with van der Waals surface area (Å²) in [5.74, 6) is -4.27. The number of hydrogen-bond donors (Lipinski definition) is 2. The number of nitrogens with one attached hydrogen (secondary N) is 1. The second kappa shape index (κ2) is 13.5. The zero-order valence-electron chi connectivity index (χ0n) is 24.5. The van der Waals surface area contributed by atoms with Crippen molar-refractivity contribution in [3.05, 3.63) is 92.7 Å². The molecule has 1 unspecified atom stereocenters. The lowest BCUT2D eigenvalue weighted by atomic mass is 9.92. The number of carbonyl (C=O) groups excluding carboxylic acids is 2. The van der Waals surface area contributed by atoms with Crippen molar-refractivity contribution in [1.29, 1.82) is 0 Å². The maximum Gasteiger partial charge on any atom is 0.435 e. The third-order valence-corrected chi connectivity index (χ3v) is 8.99. The number of halogens is 12. The van der Waals surface area contributed by atoms with Crippen LogP contribution in [0.15, 0.2) is 59.1 Å². The van der Waals surface area contributed by atoms with E-state index in [2.05, 4.69) is 15.9 Å². The number of carbonyl (C=O) groups is 2. The van der Waals surface area contributed by atoms with E-state index in [0.717, 1.165) is 23.1 Å². The van der Waals surface area contributed by atoms with Crippen molar-refractivity contribution in [1.82, 2.24) is 0 Å². The molecule has 0 radical (unpaired) electrons. The van der Waals surface area contributed by atoms with Gasteiger partial charge in [0.25, 0.3) is 11.8 Å². The van der Waals surface area contributed by atoms with Gasteiger partial charge in [0, 0.05) is 21.6 Å². The predicted molar refractivity (Wildman–Crippen MR) is 158 cm³/mol. The van der Waals surface area contributed by atoms with Crippen molar-refractivity contribution >= 4 is 49.8 Å². The van der Waals surface area contributed by atoms with Gasteiger partial charge in [-0.3, -0.25) is 9.59 Å². The van der Waals surface area contributed by atoms with Gasteiger partial charge in [-0.25, -0.2) is 17.2 Å². The lowest BCUT2D eigenvalue weighted by Crippen LogP contribution is -2.50. The molecule has 0 aromatic heterocycles. The summed E-state index contributed by atoms with van der Waals surface area (Å²) in [4.78, 5) is 27.9. The van der Waals surface area contributed by atoms with E-state index < -0.39 is 97.2 Å². The Morgan fingerprint density at radius 3 is 1.98 bits per heavy atom. The van der Waals surface area contributed by atoms with Gasteiger partial charge < -0.3 is 10.2 Å². The van der Waals surface area contributed by atoms with Crippen LogP contribution in [0.4, 0.5) is 59.7 Å². The highest BCUT2D eigenvalue weighted by Gasteiger charge is 2.73. The van der Waals surface area contributed by atoms with Crippen LogP contribution >= 0.6 is 15.9 Å². The van der Waals surface area contributed by atoms with E-state index in [-0.39, 0.29) is 23.3 Å². The molecular formula is C30H22BrF11N2O4S. The molecule has 4 rings (SSSR count). The molecule has 1 aliphatic carbocycles. The number of alkyl halides is 10. The summed E-state index contributed by atoms with van der Waals surface area (Å²) >= 11 is 2.38. The molecule has 0 heterocycles. The second-order valence-corrected chi connectivity index (χ2v) is 12.9. The normalized spacial score (nSPS) is 14.9. The molecule has 6 nitrogen and oxygen atoms in total. The van der Waals surface area contributed by atoms with Gasteiger partial charge >= 0.3 is 24.2 Å². The molecule has 1 atom stereocenters. The van der Waals surface area contributed by atoms with Crippen molar-refractivity contribution in [3.63, 3.8) is 0 Å². The van der Waals surface area contributed by atoms with Gasteiger partial charge in [-0.1, -0.05) is 18.2 Å². The fourth-order valence-corrected chi connectivity index (χ4v) is 6.12. The summed E-state index contributed by atoms with van der Waals surface area (Å²) in [7, 11) is -2.78. The van der Waals surface area contributed by atoms with Crippen LogP contribution in [0.3, 0.4) is 0 Å². The zero-order chi connectivity index (χ0) is 36.9. The first-order valence-corrected chi connectivity index (χ1v) is 16.0. The van der Waals surface area contributed by atoms with Gasteiger partial charge in [-0.2, -0.15) is 39.5 Å². The lowest BCUT2D eigenvalue weighted by Gasteiger charge is -2.31. The highest BCUT2D eigenvalue weighted by molar-refractivity contribution is 9.10. The molecule has 19 heteroatoms. The number of thiol groups is 1. The van der Waals surface area contributed by atoms with Gasteiger partial charge in [0.05, 0.1) is 28.3 Å². The monoisotopic (exact) mass is 794 g/mol. The molecular weight excluding hydrogens is 773 g/mol. The van der Waals surface area contributed by atoms with Crippen LogP contribution in [0, 0.1) is 11.7 Å². The lowest BCUT2D eigenvalue weighted by molar-refractivity contribution is -0.348. The standard InChI is InChI=1S/C30H22BrF11N2O4S/c1-14(16-9-10-16)44(26(46)17-7-5-15(6-8-17)13-49(47)48)22-4-2-3-19(23(22)32)25(45)43-24-20(28(34,35)36)11-18(12-21(24)31)27(33,29(37,38)39)30(40,41)42/h2-8,11-12,14,16,49H,9-10,13H2,1H3,(H,43,45).